The summed E-state index contributed by atoms with van der Waals surface area (Å²) in [5, 5.41) is 6.52. The summed E-state index contributed by atoms with van der Waals surface area (Å²) in [6.07, 6.45) is 0.528. The van der Waals surface area contributed by atoms with E-state index in [1.54, 1.807) is 7.11 Å². The van der Waals surface area contributed by atoms with E-state index in [2.05, 4.69) is 10.6 Å². The molecule has 1 aliphatic heterocycles. The van der Waals surface area contributed by atoms with Gasteiger partial charge >= 0.3 is 0 Å². The molecule has 0 saturated carbocycles. The van der Waals surface area contributed by atoms with Gasteiger partial charge in [-0.15, -0.1) is 0 Å². The molecule has 22 heavy (non-hydrogen) atoms. The minimum absolute atomic E-state index is 0.0762. The van der Waals surface area contributed by atoms with Crippen LogP contribution < -0.4 is 15.4 Å². The zero-order chi connectivity index (χ0) is 15.4. The predicted octanol–water partition coefficient (Wildman–Crippen LogP) is 2.45. The Morgan fingerprint density at radius 2 is 1.86 bits per heavy atom. The number of ketones is 1. The van der Waals surface area contributed by atoms with Gasteiger partial charge in [-0.25, -0.2) is 0 Å². The number of nitrogens with one attached hydrogen (secondary N) is 2. The van der Waals surface area contributed by atoms with Gasteiger partial charge in [0, 0.05) is 30.6 Å². The third kappa shape index (κ3) is 3.18. The molecule has 1 heterocycles. The van der Waals surface area contributed by atoms with Gasteiger partial charge in [-0.3, -0.25) is 4.79 Å². The van der Waals surface area contributed by atoms with Crippen LogP contribution in [0.4, 0.5) is 0 Å². The van der Waals surface area contributed by atoms with Gasteiger partial charge in [-0.2, -0.15) is 0 Å². The van der Waals surface area contributed by atoms with Crippen LogP contribution in [-0.4, -0.2) is 32.1 Å². The Morgan fingerprint density at radius 1 is 1.14 bits per heavy atom. The fourth-order valence-electron chi connectivity index (χ4n) is 2.73. The Bertz CT molecular complexity index is 649. The Hall–Kier alpha value is -2.17. The molecule has 0 aromatic heterocycles. The SMILES string of the molecule is COc1cc(C(=O)CC2NCCN2)ccc1-c1ccccc1. The van der Waals surface area contributed by atoms with E-state index in [0.29, 0.717) is 12.0 Å². The minimum atomic E-state index is 0.0762. The fourth-order valence-corrected chi connectivity index (χ4v) is 2.73. The Morgan fingerprint density at radius 3 is 2.55 bits per heavy atom. The molecule has 0 aliphatic carbocycles. The Kier molecular flexibility index (Phi) is 4.51. The molecule has 0 atom stereocenters. The smallest absolute Gasteiger partial charge is 0.165 e. The summed E-state index contributed by atoms with van der Waals surface area (Å²) in [6, 6.07) is 15.7. The number of ether oxygens (including phenoxy) is 1. The summed E-state index contributed by atoms with van der Waals surface area (Å²) in [5.41, 5.74) is 2.77. The first-order valence-electron chi connectivity index (χ1n) is 7.51. The number of methoxy groups -OCH3 is 1. The number of hydrogen-bond donors (Lipinski definition) is 2. The molecule has 1 fully saturated rings. The lowest BCUT2D eigenvalue weighted by atomic mass is 9.99. The van der Waals surface area contributed by atoms with E-state index in [1.165, 1.54) is 0 Å². The van der Waals surface area contributed by atoms with Gasteiger partial charge in [0.2, 0.25) is 0 Å². The molecule has 4 nitrogen and oxygen atoms in total. The van der Waals surface area contributed by atoms with E-state index < -0.39 is 0 Å². The van der Waals surface area contributed by atoms with Crippen molar-refractivity contribution in [3.05, 3.63) is 54.1 Å². The van der Waals surface area contributed by atoms with Crippen molar-refractivity contribution in [3.8, 4) is 16.9 Å². The second-order valence-electron chi connectivity index (χ2n) is 5.37. The number of benzene rings is 2. The molecule has 1 saturated heterocycles. The Balaban J connectivity index is 1.83. The lowest BCUT2D eigenvalue weighted by Gasteiger charge is -2.13. The number of carbonyl (C=O) groups excluding carboxylic acids is 1. The predicted molar refractivity (Wildman–Crippen MR) is 87.2 cm³/mol. The molecule has 0 amide bonds. The maximum absolute atomic E-state index is 12.4. The summed E-state index contributed by atoms with van der Waals surface area (Å²) >= 11 is 0. The molecule has 2 N–H and O–H groups in total. The number of carbonyl (C=O) groups is 1. The summed E-state index contributed by atoms with van der Waals surface area (Å²) in [7, 11) is 1.64. The van der Waals surface area contributed by atoms with Crippen LogP contribution in [0.3, 0.4) is 0 Å². The van der Waals surface area contributed by atoms with Crippen LogP contribution in [0.2, 0.25) is 0 Å². The molecule has 3 rings (SSSR count). The van der Waals surface area contributed by atoms with E-state index >= 15 is 0 Å². The number of rotatable bonds is 5. The molecular formula is C18H20N2O2. The second kappa shape index (κ2) is 6.73. The number of Topliss-reactive ketones (excluding diaryl/α,β-unsaturated/α-hetero) is 1. The molecule has 0 unspecified atom stereocenters. The first-order chi connectivity index (χ1) is 10.8. The molecule has 0 spiro atoms. The van der Waals surface area contributed by atoms with E-state index in [1.807, 2.05) is 48.5 Å². The molecule has 2 aromatic rings. The zero-order valence-corrected chi connectivity index (χ0v) is 12.6. The van der Waals surface area contributed by atoms with Crippen LogP contribution >= 0.6 is 0 Å². The van der Waals surface area contributed by atoms with E-state index in [-0.39, 0.29) is 11.9 Å². The first-order valence-corrected chi connectivity index (χ1v) is 7.51. The van der Waals surface area contributed by atoms with E-state index in [0.717, 1.165) is 30.0 Å². The Labute approximate surface area is 130 Å². The summed E-state index contributed by atoms with van der Waals surface area (Å²) in [5.74, 6) is 0.842. The van der Waals surface area contributed by atoms with Crippen molar-refractivity contribution >= 4 is 5.78 Å². The molecule has 1 aliphatic rings. The average Bonchev–Trinajstić information content (AvgIpc) is 3.08. The second-order valence-corrected chi connectivity index (χ2v) is 5.37. The molecule has 2 aromatic carbocycles. The third-order valence-electron chi connectivity index (χ3n) is 3.90. The maximum atomic E-state index is 12.4. The summed E-state index contributed by atoms with van der Waals surface area (Å²) in [6.45, 7) is 1.82. The van der Waals surface area contributed by atoms with Gasteiger partial charge < -0.3 is 15.4 Å². The van der Waals surface area contributed by atoms with Gasteiger partial charge in [0.25, 0.3) is 0 Å². The van der Waals surface area contributed by atoms with Crippen molar-refractivity contribution in [1.29, 1.82) is 0 Å². The van der Waals surface area contributed by atoms with Crippen LogP contribution in [0.15, 0.2) is 48.5 Å². The highest BCUT2D eigenvalue weighted by Crippen LogP contribution is 2.31. The first kappa shape index (κ1) is 14.8. The lowest BCUT2D eigenvalue weighted by Crippen LogP contribution is -2.33. The average molecular weight is 296 g/mol. The third-order valence-corrected chi connectivity index (χ3v) is 3.90. The maximum Gasteiger partial charge on any atom is 0.165 e. The largest absolute Gasteiger partial charge is 0.496 e. The quantitative estimate of drug-likeness (QED) is 0.832. The van der Waals surface area contributed by atoms with Crippen molar-refractivity contribution in [2.75, 3.05) is 20.2 Å². The van der Waals surface area contributed by atoms with Crippen LogP contribution in [-0.2, 0) is 0 Å². The van der Waals surface area contributed by atoms with Gasteiger partial charge in [-0.05, 0) is 17.7 Å². The highest BCUT2D eigenvalue weighted by Gasteiger charge is 2.19. The van der Waals surface area contributed by atoms with Gasteiger partial charge in [0.1, 0.15) is 5.75 Å². The minimum Gasteiger partial charge on any atom is -0.496 e. The lowest BCUT2D eigenvalue weighted by molar-refractivity contribution is 0.0968. The molecule has 0 radical (unpaired) electrons. The van der Waals surface area contributed by atoms with E-state index in [4.69, 9.17) is 4.74 Å². The molecule has 114 valence electrons. The van der Waals surface area contributed by atoms with Crippen molar-refractivity contribution in [2.45, 2.75) is 12.6 Å². The molecule has 4 heteroatoms. The van der Waals surface area contributed by atoms with Gasteiger partial charge in [0.15, 0.2) is 5.78 Å². The van der Waals surface area contributed by atoms with Crippen LogP contribution in [0, 0.1) is 0 Å². The fraction of sp³-hybridized carbons (Fsp3) is 0.278. The van der Waals surface area contributed by atoms with Crippen molar-refractivity contribution in [2.24, 2.45) is 0 Å². The molecular weight excluding hydrogens is 276 g/mol. The highest BCUT2D eigenvalue weighted by atomic mass is 16.5. The zero-order valence-electron chi connectivity index (χ0n) is 12.6. The highest BCUT2D eigenvalue weighted by molar-refractivity contribution is 5.97. The molecule has 0 bridgehead atoms. The van der Waals surface area contributed by atoms with E-state index in [9.17, 15) is 4.79 Å². The van der Waals surface area contributed by atoms with Crippen LogP contribution in [0.1, 0.15) is 16.8 Å². The topological polar surface area (TPSA) is 50.4 Å². The van der Waals surface area contributed by atoms with Crippen LogP contribution in [0.5, 0.6) is 5.75 Å². The standard InChI is InChI=1S/C18H20N2O2/c1-22-17-11-14(16(21)12-18-19-9-10-20-18)7-8-15(17)13-5-3-2-4-6-13/h2-8,11,18-20H,9-10,12H2,1H3. The van der Waals surface area contributed by atoms with Crippen molar-refractivity contribution < 1.29 is 9.53 Å². The van der Waals surface area contributed by atoms with Gasteiger partial charge in [0.05, 0.1) is 13.3 Å². The normalized spacial score (nSPS) is 15.0. The monoisotopic (exact) mass is 296 g/mol. The summed E-state index contributed by atoms with van der Waals surface area (Å²) in [4.78, 5) is 12.4. The number of hydrogen-bond acceptors (Lipinski definition) is 4. The van der Waals surface area contributed by atoms with Crippen molar-refractivity contribution in [1.82, 2.24) is 10.6 Å². The summed E-state index contributed by atoms with van der Waals surface area (Å²) < 4.78 is 5.48. The van der Waals surface area contributed by atoms with Crippen LogP contribution in [0.25, 0.3) is 11.1 Å². The van der Waals surface area contributed by atoms with Crippen molar-refractivity contribution in [3.63, 3.8) is 0 Å². The van der Waals surface area contributed by atoms with Gasteiger partial charge in [-0.1, -0.05) is 36.4 Å².